The summed E-state index contributed by atoms with van der Waals surface area (Å²) in [7, 11) is 0. The maximum Gasteiger partial charge on any atom is 0.339 e. The maximum atomic E-state index is 11.0. The quantitative estimate of drug-likeness (QED) is 0.803. The lowest BCUT2D eigenvalue weighted by Crippen LogP contribution is -2.37. The molecule has 2 fully saturated rings. The van der Waals surface area contributed by atoms with Gasteiger partial charge >= 0.3 is 11.9 Å². The van der Waals surface area contributed by atoms with Gasteiger partial charge < -0.3 is 14.9 Å². The second-order valence-corrected chi connectivity index (χ2v) is 7.53. The molecule has 2 saturated carbocycles. The minimum absolute atomic E-state index is 0.0671. The molecule has 3 atom stereocenters. The molecular formula is C19H26O5. The number of rotatable bonds is 2. The van der Waals surface area contributed by atoms with Crippen molar-refractivity contribution >= 4 is 11.9 Å². The van der Waals surface area contributed by atoms with Gasteiger partial charge in [0.15, 0.2) is 0 Å². The van der Waals surface area contributed by atoms with Crippen molar-refractivity contribution in [3.8, 4) is 5.75 Å². The van der Waals surface area contributed by atoms with E-state index < -0.39 is 5.97 Å². The fourth-order valence-electron chi connectivity index (χ4n) is 4.16. The molecule has 2 aliphatic rings. The summed E-state index contributed by atoms with van der Waals surface area (Å²) < 4.78 is 5.44. The van der Waals surface area contributed by atoms with Gasteiger partial charge in [-0.25, -0.2) is 4.79 Å². The van der Waals surface area contributed by atoms with Crippen molar-refractivity contribution in [3.05, 3.63) is 29.8 Å². The fraction of sp³-hybridized carbons (Fsp3) is 0.579. The molecule has 2 bridgehead atoms. The molecule has 2 N–H and O–H groups in total. The monoisotopic (exact) mass is 334 g/mol. The van der Waals surface area contributed by atoms with Crippen molar-refractivity contribution in [2.45, 2.75) is 53.1 Å². The number of aromatic carboxylic acids is 1. The number of esters is 1. The number of phenols is 1. The topological polar surface area (TPSA) is 83.8 Å². The van der Waals surface area contributed by atoms with E-state index in [1.165, 1.54) is 31.9 Å². The Hall–Kier alpha value is -2.04. The molecule has 1 aromatic rings. The first-order valence-corrected chi connectivity index (χ1v) is 8.28. The van der Waals surface area contributed by atoms with Gasteiger partial charge in [0, 0.05) is 12.3 Å². The highest BCUT2D eigenvalue weighted by Gasteiger charge is 2.62. The molecule has 0 aliphatic heterocycles. The van der Waals surface area contributed by atoms with E-state index in [0.29, 0.717) is 5.41 Å². The number of benzene rings is 1. The van der Waals surface area contributed by atoms with Crippen LogP contribution in [-0.4, -0.2) is 28.3 Å². The Labute approximate surface area is 142 Å². The summed E-state index contributed by atoms with van der Waals surface area (Å²) in [6.45, 7) is 8.46. The maximum absolute atomic E-state index is 11.0. The molecule has 1 aromatic carbocycles. The Morgan fingerprint density at radius 2 is 1.83 bits per heavy atom. The van der Waals surface area contributed by atoms with Crippen LogP contribution >= 0.6 is 0 Å². The lowest BCUT2D eigenvalue weighted by molar-refractivity contribution is -0.154. The third kappa shape index (κ3) is 3.12. The van der Waals surface area contributed by atoms with Gasteiger partial charge in [0.1, 0.15) is 17.4 Å². The zero-order valence-corrected chi connectivity index (χ0v) is 14.7. The van der Waals surface area contributed by atoms with Crippen molar-refractivity contribution in [1.82, 2.24) is 0 Å². The van der Waals surface area contributed by atoms with Crippen molar-refractivity contribution in [2.24, 2.45) is 16.7 Å². The highest BCUT2D eigenvalue weighted by atomic mass is 16.5. The predicted octanol–water partition coefficient (Wildman–Crippen LogP) is 3.85. The molecule has 0 heterocycles. The minimum Gasteiger partial charge on any atom is -0.507 e. The Bertz CT molecular complexity index is 636. The Morgan fingerprint density at radius 3 is 2.21 bits per heavy atom. The largest absolute Gasteiger partial charge is 0.507 e. The van der Waals surface area contributed by atoms with E-state index in [9.17, 15) is 9.59 Å². The standard InChI is InChI=1S/C12H20O2.C7H6O3/c1-8(13)14-10-7-9-5-6-12(10,4)11(9,2)3;8-6-4-2-1-3-5(6)7(9)10/h9-10H,5-7H2,1-4H3;1-4,8H,(H,9,10). The minimum atomic E-state index is -1.11. The van der Waals surface area contributed by atoms with Gasteiger partial charge in [-0.05, 0) is 42.7 Å². The smallest absolute Gasteiger partial charge is 0.339 e. The molecule has 0 amide bonds. The highest BCUT2D eigenvalue weighted by molar-refractivity contribution is 5.90. The molecule has 0 radical (unpaired) electrons. The number of fused-ring (bicyclic) bond motifs is 2. The second-order valence-electron chi connectivity index (χ2n) is 7.53. The van der Waals surface area contributed by atoms with Crippen molar-refractivity contribution < 1.29 is 24.5 Å². The van der Waals surface area contributed by atoms with Crippen LogP contribution in [0.2, 0.25) is 0 Å². The van der Waals surface area contributed by atoms with Crippen molar-refractivity contribution in [2.75, 3.05) is 0 Å². The van der Waals surface area contributed by atoms with E-state index >= 15 is 0 Å². The summed E-state index contributed by atoms with van der Waals surface area (Å²) in [5.41, 5.74) is 0.485. The molecule has 132 valence electrons. The highest BCUT2D eigenvalue weighted by Crippen LogP contribution is 2.66. The number of hydrogen-bond acceptors (Lipinski definition) is 4. The average Bonchev–Trinajstić information content (AvgIpc) is 2.81. The number of carboxylic acid groups (broad SMARTS) is 1. The third-order valence-electron chi connectivity index (χ3n) is 6.16. The summed E-state index contributed by atoms with van der Waals surface area (Å²) in [6.07, 6.45) is 3.75. The van der Waals surface area contributed by atoms with Crippen LogP contribution in [0.3, 0.4) is 0 Å². The molecule has 5 heteroatoms. The van der Waals surface area contributed by atoms with Crippen LogP contribution < -0.4 is 0 Å². The second kappa shape index (κ2) is 6.46. The number of carbonyl (C=O) groups excluding carboxylic acids is 1. The molecule has 0 spiro atoms. The number of hydrogen-bond donors (Lipinski definition) is 2. The van der Waals surface area contributed by atoms with Crippen LogP contribution in [0.25, 0.3) is 0 Å². The van der Waals surface area contributed by atoms with E-state index in [1.54, 1.807) is 12.1 Å². The first-order valence-electron chi connectivity index (χ1n) is 8.28. The molecule has 5 nitrogen and oxygen atoms in total. The van der Waals surface area contributed by atoms with Gasteiger partial charge in [-0.3, -0.25) is 4.79 Å². The Morgan fingerprint density at radius 1 is 1.21 bits per heavy atom. The SMILES string of the molecule is CC(=O)OC1CC2CCC1(C)C2(C)C.O=C(O)c1ccccc1O. The summed E-state index contributed by atoms with van der Waals surface area (Å²) in [6, 6.07) is 5.81. The van der Waals surface area contributed by atoms with Crippen LogP contribution in [-0.2, 0) is 9.53 Å². The molecular weight excluding hydrogens is 308 g/mol. The van der Waals surface area contributed by atoms with Crippen LogP contribution in [0.1, 0.15) is 57.3 Å². The van der Waals surface area contributed by atoms with E-state index in [2.05, 4.69) is 20.8 Å². The Balaban J connectivity index is 0.000000185. The van der Waals surface area contributed by atoms with Gasteiger partial charge in [-0.1, -0.05) is 32.9 Å². The molecule has 3 rings (SSSR count). The van der Waals surface area contributed by atoms with Crippen LogP contribution in [0.4, 0.5) is 0 Å². The van der Waals surface area contributed by atoms with E-state index in [1.807, 2.05) is 0 Å². The first-order chi connectivity index (χ1) is 11.1. The van der Waals surface area contributed by atoms with Gasteiger partial charge in [0.25, 0.3) is 0 Å². The zero-order valence-electron chi connectivity index (χ0n) is 14.7. The fourth-order valence-corrected chi connectivity index (χ4v) is 4.16. The number of carbonyl (C=O) groups is 2. The van der Waals surface area contributed by atoms with E-state index in [0.717, 1.165) is 12.3 Å². The number of para-hydroxylation sites is 1. The lowest BCUT2D eigenvalue weighted by atomic mass is 9.70. The zero-order chi connectivity index (χ0) is 18.1. The van der Waals surface area contributed by atoms with E-state index in [4.69, 9.17) is 14.9 Å². The van der Waals surface area contributed by atoms with Gasteiger partial charge in [-0.15, -0.1) is 0 Å². The van der Waals surface area contributed by atoms with Crippen molar-refractivity contribution in [1.29, 1.82) is 0 Å². The summed E-state index contributed by atoms with van der Waals surface area (Å²) in [4.78, 5) is 21.3. The van der Waals surface area contributed by atoms with Crippen LogP contribution in [0.5, 0.6) is 5.75 Å². The number of aromatic hydroxyl groups is 1. The van der Waals surface area contributed by atoms with Crippen molar-refractivity contribution in [3.63, 3.8) is 0 Å². The Kier molecular flexibility index (Phi) is 4.92. The van der Waals surface area contributed by atoms with E-state index in [-0.39, 0.29) is 28.8 Å². The first kappa shape index (κ1) is 18.3. The predicted molar refractivity (Wildman–Crippen MR) is 89.8 cm³/mol. The molecule has 3 unspecified atom stereocenters. The molecule has 0 saturated heterocycles. The van der Waals surface area contributed by atoms with Crippen LogP contribution in [0, 0.1) is 16.7 Å². The summed E-state index contributed by atoms with van der Waals surface area (Å²) >= 11 is 0. The van der Waals surface area contributed by atoms with Gasteiger partial charge in [-0.2, -0.15) is 0 Å². The van der Waals surface area contributed by atoms with Gasteiger partial charge in [0.2, 0.25) is 0 Å². The number of ether oxygens (including phenoxy) is 1. The average molecular weight is 334 g/mol. The van der Waals surface area contributed by atoms with Gasteiger partial charge in [0.05, 0.1) is 0 Å². The lowest BCUT2D eigenvalue weighted by Gasteiger charge is -2.38. The summed E-state index contributed by atoms with van der Waals surface area (Å²) in [5.74, 6) is -0.690. The molecule has 2 aliphatic carbocycles. The number of carboxylic acids is 1. The van der Waals surface area contributed by atoms with Crippen LogP contribution in [0.15, 0.2) is 24.3 Å². The normalized spacial score (nSPS) is 29.5. The molecule has 24 heavy (non-hydrogen) atoms. The summed E-state index contributed by atoms with van der Waals surface area (Å²) in [5, 5.41) is 17.3. The third-order valence-corrected chi connectivity index (χ3v) is 6.16. The molecule has 0 aromatic heterocycles.